The van der Waals surface area contributed by atoms with Gasteiger partial charge in [0.1, 0.15) is 5.82 Å². The van der Waals surface area contributed by atoms with Crippen molar-refractivity contribution in [3.8, 4) is 0 Å². The minimum Gasteiger partial charge on any atom is -0.332 e. The molecule has 5 nitrogen and oxygen atoms in total. The highest BCUT2D eigenvalue weighted by Crippen LogP contribution is 2.31. The van der Waals surface area contributed by atoms with E-state index in [2.05, 4.69) is 0 Å². The van der Waals surface area contributed by atoms with Gasteiger partial charge in [0.25, 0.3) is 5.91 Å². The SMILES string of the molecule is CC1c2cc(F)ccc2CCN1C(=O)c1ccc(S(=O)(=O)N(C)C(C)C)cc1. The van der Waals surface area contributed by atoms with E-state index in [0.29, 0.717) is 18.5 Å². The Bertz CT molecular complexity index is 987. The van der Waals surface area contributed by atoms with Crippen LogP contribution in [0.1, 0.15) is 48.3 Å². The fraction of sp³-hybridized carbons (Fsp3) is 0.381. The first-order valence-electron chi connectivity index (χ1n) is 9.30. The fourth-order valence-corrected chi connectivity index (χ4v) is 4.81. The van der Waals surface area contributed by atoms with Crippen LogP contribution in [0.5, 0.6) is 0 Å². The van der Waals surface area contributed by atoms with Crippen LogP contribution in [0.2, 0.25) is 0 Å². The number of sulfonamides is 1. The number of hydrogen-bond donors (Lipinski definition) is 0. The Morgan fingerprint density at radius 1 is 1.18 bits per heavy atom. The summed E-state index contributed by atoms with van der Waals surface area (Å²) in [4.78, 5) is 14.8. The second-order valence-corrected chi connectivity index (χ2v) is 9.40. The zero-order valence-corrected chi connectivity index (χ0v) is 17.3. The summed E-state index contributed by atoms with van der Waals surface area (Å²) >= 11 is 0. The third kappa shape index (κ3) is 3.69. The topological polar surface area (TPSA) is 57.7 Å². The van der Waals surface area contributed by atoms with Gasteiger partial charge in [-0.1, -0.05) is 6.07 Å². The lowest BCUT2D eigenvalue weighted by Gasteiger charge is -2.35. The van der Waals surface area contributed by atoms with Gasteiger partial charge in [0, 0.05) is 25.2 Å². The molecule has 0 fully saturated rings. The van der Waals surface area contributed by atoms with Gasteiger partial charge in [-0.2, -0.15) is 4.31 Å². The Labute approximate surface area is 165 Å². The zero-order valence-electron chi connectivity index (χ0n) is 16.5. The zero-order chi connectivity index (χ0) is 20.6. The van der Waals surface area contributed by atoms with E-state index in [9.17, 15) is 17.6 Å². The van der Waals surface area contributed by atoms with Gasteiger partial charge in [0.05, 0.1) is 10.9 Å². The molecule has 28 heavy (non-hydrogen) atoms. The predicted octanol–water partition coefficient (Wildman–Crippen LogP) is 3.61. The van der Waals surface area contributed by atoms with Crippen LogP contribution < -0.4 is 0 Å². The summed E-state index contributed by atoms with van der Waals surface area (Å²) in [6, 6.07) is 10.3. The van der Waals surface area contributed by atoms with E-state index < -0.39 is 10.0 Å². The summed E-state index contributed by atoms with van der Waals surface area (Å²) < 4.78 is 40.1. The molecule has 1 aliphatic rings. The lowest BCUT2D eigenvalue weighted by molar-refractivity contribution is 0.0677. The minimum atomic E-state index is -3.59. The number of benzene rings is 2. The molecule has 3 rings (SSSR count). The van der Waals surface area contributed by atoms with Gasteiger partial charge < -0.3 is 4.90 Å². The molecule has 2 aromatic carbocycles. The molecule has 0 saturated carbocycles. The van der Waals surface area contributed by atoms with Gasteiger partial charge >= 0.3 is 0 Å². The van der Waals surface area contributed by atoms with E-state index in [4.69, 9.17) is 0 Å². The van der Waals surface area contributed by atoms with Crippen molar-refractivity contribution in [2.75, 3.05) is 13.6 Å². The Balaban J connectivity index is 1.84. The molecule has 7 heteroatoms. The van der Waals surface area contributed by atoms with Gasteiger partial charge in [-0.3, -0.25) is 4.79 Å². The van der Waals surface area contributed by atoms with Crippen molar-refractivity contribution in [1.29, 1.82) is 0 Å². The highest BCUT2D eigenvalue weighted by Gasteiger charge is 2.29. The molecule has 0 radical (unpaired) electrons. The average molecular weight is 405 g/mol. The van der Waals surface area contributed by atoms with Crippen LogP contribution in [0.25, 0.3) is 0 Å². The van der Waals surface area contributed by atoms with Crippen LogP contribution in [0.3, 0.4) is 0 Å². The highest BCUT2D eigenvalue weighted by molar-refractivity contribution is 7.89. The van der Waals surface area contributed by atoms with E-state index in [0.717, 1.165) is 11.1 Å². The lowest BCUT2D eigenvalue weighted by atomic mass is 9.93. The van der Waals surface area contributed by atoms with Crippen molar-refractivity contribution in [1.82, 2.24) is 9.21 Å². The fourth-order valence-electron chi connectivity index (χ4n) is 3.44. The number of carbonyl (C=O) groups excluding carboxylic acids is 1. The quantitative estimate of drug-likeness (QED) is 0.782. The van der Waals surface area contributed by atoms with Gasteiger partial charge in [0.2, 0.25) is 10.0 Å². The molecule has 0 bridgehead atoms. The minimum absolute atomic E-state index is 0.152. The van der Waals surface area contributed by atoms with Crippen molar-refractivity contribution in [2.24, 2.45) is 0 Å². The maximum absolute atomic E-state index is 13.6. The van der Waals surface area contributed by atoms with Gasteiger partial charge in [-0.25, -0.2) is 12.8 Å². The molecule has 2 aromatic rings. The van der Waals surface area contributed by atoms with Crippen LogP contribution >= 0.6 is 0 Å². The predicted molar refractivity (Wildman–Crippen MR) is 106 cm³/mol. The third-order valence-corrected chi connectivity index (χ3v) is 7.46. The Morgan fingerprint density at radius 3 is 2.43 bits per heavy atom. The van der Waals surface area contributed by atoms with E-state index in [1.54, 1.807) is 24.8 Å². The van der Waals surface area contributed by atoms with Crippen LogP contribution in [0.4, 0.5) is 4.39 Å². The number of rotatable bonds is 4. The largest absolute Gasteiger partial charge is 0.332 e. The monoisotopic (exact) mass is 404 g/mol. The van der Waals surface area contributed by atoms with Gasteiger partial charge in [-0.05, 0) is 74.7 Å². The summed E-state index contributed by atoms with van der Waals surface area (Å²) in [5.41, 5.74) is 2.28. The van der Waals surface area contributed by atoms with Gasteiger partial charge in [-0.15, -0.1) is 0 Å². The molecular formula is C21H25FN2O3S. The van der Waals surface area contributed by atoms with E-state index >= 15 is 0 Å². The lowest BCUT2D eigenvalue weighted by Crippen LogP contribution is -2.39. The van der Waals surface area contributed by atoms with Crippen molar-refractivity contribution in [3.05, 3.63) is 65.0 Å². The summed E-state index contributed by atoms with van der Waals surface area (Å²) in [7, 11) is -2.06. The molecule has 1 unspecified atom stereocenters. The standard InChI is InChI=1S/C21H25FN2O3S/c1-14(2)23(4)28(26,27)19-9-6-17(7-10-19)21(25)24-12-11-16-5-8-18(22)13-20(16)15(24)3/h5-10,13-15H,11-12H2,1-4H3. The number of halogens is 1. The molecule has 0 spiro atoms. The van der Waals surface area contributed by atoms with Crippen molar-refractivity contribution in [3.63, 3.8) is 0 Å². The number of carbonyl (C=O) groups is 1. The average Bonchev–Trinajstić information content (AvgIpc) is 2.67. The van der Waals surface area contributed by atoms with E-state index in [1.165, 1.54) is 47.8 Å². The second kappa shape index (κ2) is 7.64. The van der Waals surface area contributed by atoms with Crippen LogP contribution in [0.15, 0.2) is 47.4 Å². The van der Waals surface area contributed by atoms with Crippen LogP contribution in [-0.2, 0) is 16.4 Å². The molecule has 1 amide bonds. The Morgan fingerprint density at radius 2 is 1.82 bits per heavy atom. The first kappa shape index (κ1) is 20.5. The Hall–Kier alpha value is -2.25. The summed E-state index contributed by atoms with van der Waals surface area (Å²) in [6.07, 6.45) is 0.664. The molecule has 0 N–H and O–H groups in total. The van der Waals surface area contributed by atoms with Crippen molar-refractivity contribution >= 4 is 15.9 Å². The molecule has 0 saturated heterocycles. The molecule has 1 atom stereocenters. The second-order valence-electron chi connectivity index (χ2n) is 7.41. The van der Waals surface area contributed by atoms with E-state index in [1.807, 2.05) is 6.92 Å². The van der Waals surface area contributed by atoms with Crippen LogP contribution in [0, 0.1) is 5.82 Å². The molecular weight excluding hydrogens is 379 g/mol. The molecule has 150 valence electrons. The maximum Gasteiger partial charge on any atom is 0.254 e. The molecule has 0 aliphatic carbocycles. The summed E-state index contributed by atoms with van der Waals surface area (Å²) in [5.74, 6) is -0.507. The normalized spacial score (nSPS) is 17.1. The van der Waals surface area contributed by atoms with Crippen molar-refractivity contribution in [2.45, 2.75) is 44.2 Å². The Kier molecular flexibility index (Phi) is 5.59. The number of hydrogen-bond acceptors (Lipinski definition) is 3. The highest BCUT2D eigenvalue weighted by atomic mass is 32.2. The number of nitrogens with zero attached hydrogens (tertiary/aromatic N) is 2. The van der Waals surface area contributed by atoms with Crippen molar-refractivity contribution < 1.29 is 17.6 Å². The first-order chi connectivity index (χ1) is 13.1. The van der Waals surface area contributed by atoms with E-state index in [-0.39, 0.29) is 28.7 Å². The third-order valence-electron chi connectivity index (χ3n) is 5.41. The summed E-state index contributed by atoms with van der Waals surface area (Å²) in [5, 5.41) is 0. The van der Waals surface area contributed by atoms with Gasteiger partial charge in [0.15, 0.2) is 0 Å². The molecule has 1 heterocycles. The first-order valence-corrected chi connectivity index (χ1v) is 10.7. The summed E-state index contributed by atoms with van der Waals surface area (Å²) in [6.45, 7) is 6.02. The smallest absolute Gasteiger partial charge is 0.254 e. The molecule has 0 aromatic heterocycles. The maximum atomic E-state index is 13.6. The number of fused-ring (bicyclic) bond motifs is 1. The van der Waals surface area contributed by atoms with Crippen LogP contribution in [-0.4, -0.2) is 43.2 Å². The molecule has 1 aliphatic heterocycles. The number of amides is 1.